The van der Waals surface area contributed by atoms with Crippen molar-refractivity contribution in [2.45, 2.75) is 50.4 Å². The van der Waals surface area contributed by atoms with Crippen molar-refractivity contribution in [2.24, 2.45) is 0 Å². The van der Waals surface area contributed by atoms with Crippen LogP contribution in [0.5, 0.6) is 23.0 Å². The topological polar surface area (TPSA) is 40.2 Å². The predicted molar refractivity (Wildman–Crippen MR) is 147 cm³/mol. The van der Waals surface area contributed by atoms with Crippen molar-refractivity contribution in [1.29, 1.82) is 0 Å². The molecule has 3 aliphatic rings. The Balaban J connectivity index is 1.37. The second-order valence-electron chi connectivity index (χ2n) is 10.9. The highest BCUT2D eigenvalue weighted by Gasteiger charge is 2.66. The highest BCUT2D eigenvalue weighted by atomic mass is 19.3. The van der Waals surface area contributed by atoms with E-state index in [9.17, 15) is 26.5 Å². The summed E-state index contributed by atoms with van der Waals surface area (Å²) in [6.07, 6.45) is -6.57. The van der Waals surface area contributed by atoms with E-state index < -0.39 is 23.7 Å². The zero-order valence-electron chi connectivity index (χ0n) is 23.1. The zero-order valence-corrected chi connectivity index (χ0v) is 23.1. The molecule has 3 aromatic carbocycles. The molecule has 0 N–H and O–H groups in total. The summed E-state index contributed by atoms with van der Waals surface area (Å²) in [7, 11) is 0. The average molecular weight is 606 g/mol. The molecule has 0 radical (unpaired) electrons. The number of alkyl halides is 5. The summed E-state index contributed by atoms with van der Waals surface area (Å²) in [5.74, 6) is -0.255. The molecule has 3 aromatic rings. The van der Waals surface area contributed by atoms with Crippen molar-refractivity contribution in [3.8, 4) is 23.0 Å². The van der Waals surface area contributed by atoms with E-state index in [0.717, 1.165) is 47.3 Å². The van der Waals surface area contributed by atoms with Crippen LogP contribution >= 0.6 is 0 Å². The molecule has 5 nitrogen and oxygen atoms in total. The van der Waals surface area contributed by atoms with E-state index in [1.54, 1.807) is 12.1 Å². The highest BCUT2D eigenvalue weighted by molar-refractivity contribution is 6.00. The van der Waals surface area contributed by atoms with Crippen molar-refractivity contribution in [3.05, 3.63) is 82.9 Å². The fourth-order valence-electron chi connectivity index (χ4n) is 5.96. The summed E-state index contributed by atoms with van der Waals surface area (Å²) >= 11 is 0. The predicted octanol–water partition coefficient (Wildman–Crippen LogP) is 8.01. The van der Waals surface area contributed by atoms with Gasteiger partial charge in [0.2, 0.25) is 0 Å². The minimum atomic E-state index is -4.84. The lowest BCUT2D eigenvalue weighted by atomic mass is 9.87. The minimum absolute atomic E-state index is 0.0128. The van der Waals surface area contributed by atoms with Gasteiger partial charge in [0.05, 0.1) is 6.67 Å². The third kappa shape index (κ3) is 5.87. The van der Waals surface area contributed by atoms with Crippen LogP contribution in [-0.2, 0) is 6.42 Å². The SMILES string of the molecule is FCCCN1CC[C@H](Oc2ccc(C3=C(c4ccc5c(c4)OC(F)(F)C(F)(F)O5)CCCc4cc(OF)ccc43)cc2)C1. The number of aryl methyl sites for hydroxylation is 1. The molecule has 1 atom stereocenters. The molecule has 6 rings (SSSR count). The molecule has 43 heavy (non-hydrogen) atoms. The highest BCUT2D eigenvalue weighted by Crippen LogP contribution is 2.49. The fourth-order valence-corrected chi connectivity index (χ4v) is 5.96. The van der Waals surface area contributed by atoms with Gasteiger partial charge >= 0.3 is 12.2 Å². The quantitative estimate of drug-likeness (QED) is 0.243. The van der Waals surface area contributed by atoms with E-state index in [0.29, 0.717) is 43.5 Å². The van der Waals surface area contributed by atoms with Gasteiger partial charge in [0.1, 0.15) is 11.9 Å². The van der Waals surface area contributed by atoms with Gasteiger partial charge in [-0.1, -0.05) is 24.3 Å². The van der Waals surface area contributed by atoms with Crippen LogP contribution in [0.3, 0.4) is 0 Å². The molecule has 1 aliphatic carbocycles. The molecule has 1 fully saturated rings. The van der Waals surface area contributed by atoms with Gasteiger partial charge in [0.15, 0.2) is 17.2 Å². The number of hydrogen-bond donors (Lipinski definition) is 0. The van der Waals surface area contributed by atoms with Gasteiger partial charge in [-0.2, -0.15) is 17.6 Å². The first-order chi connectivity index (χ1) is 20.7. The molecule has 0 amide bonds. The summed E-state index contributed by atoms with van der Waals surface area (Å²) in [4.78, 5) is 6.14. The Hall–Kier alpha value is -3.86. The Kier molecular flexibility index (Phi) is 7.93. The van der Waals surface area contributed by atoms with Crippen LogP contribution in [0.4, 0.5) is 26.5 Å². The first-order valence-corrected chi connectivity index (χ1v) is 14.2. The number of rotatable bonds is 8. The molecule has 0 spiro atoms. The molecule has 2 heterocycles. The average Bonchev–Trinajstić information content (AvgIpc) is 3.34. The normalized spacial score (nSPS) is 20.8. The lowest BCUT2D eigenvalue weighted by Gasteiger charge is -2.32. The summed E-state index contributed by atoms with van der Waals surface area (Å²) in [6.45, 7) is 1.92. The van der Waals surface area contributed by atoms with Crippen molar-refractivity contribution >= 4 is 11.1 Å². The van der Waals surface area contributed by atoms with Crippen LogP contribution in [0, 0.1) is 0 Å². The van der Waals surface area contributed by atoms with Crippen LogP contribution in [0.15, 0.2) is 60.7 Å². The fraction of sp³-hybridized carbons (Fsp3) is 0.375. The molecular formula is C32H29F6NO4. The number of ether oxygens (including phenoxy) is 3. The first kappa shape index (κ1) is 29.2. The molecule has 228 valence electrons. The van der Waals surface area contributed by atoms with Gasteiger partial charge in [-0.05, 0) is 102 Å². The van der Waals surface area contributed by atoms with Crippen molar-refractivity contribution in [1.82, 2.24) is 4.90 Å². The van der Waals surface area contributed by atoms with Crippen LogP contribution < -0.4 is 19.2 Å². The van der Waals surface area contributed by atoms with Crippen LogP contribution in [0.1, 0.15) is 47.9 Å². The summed E-state index contributed by atoms with van der Waals surface area (Å²) in [5, 5.41) is 0. The molecule has 2 aliphatic heterocycles. The van der Waals surface area contributed by atoms with Crippen LogP contribution in [-0.4, -0.2) is 49.5 Å². The summed E-state index contributed by atoms with van der Waals surface area (Å²) in [5.41, 5.74) is 4.47. The van der Waals surface area contributed by atoms with Crippen molar-refractivity contribution < 1.29 is 45.6 Å². The molecule has 0 saturated carbocycles. The maximum atomic E-state index is 14.0. The van der Waals surface area contributed by atoms with E-state index in [1.807, 2.05) is 24.3 Å². The van der Waals surface area contributed by atoms with Crippen molar-refractivity contribution in [3.63, 3.8) is 0 Å². The smallest absolute Gasteiger partial charge is 0.489 e. The number of halogens is 6. The Morgan fingerprint density at radius 2 is 1.56 bits per heavy atom. The van der Waals surface area contributed by atoms with Gasteiger partial charge in [0.25, 0.3) is 0 Å². The molecule has 0 unspecified atom stereocenters. The Bertz CT molecular complexity index is 1510. The van der Waals surface area contributed by atoms with Gasteiger partial charge < -0.3 is 14.2 Å². The molecular weight excluding hydrogens is 576 g/mol. The largest absolute Gasteiger partial charge is 0.507 e. The number of benzene rings is 3. The van der Waals surface area contributed by atoms with E-state index >= 15 is 0 Å². The maximum absolute atomic E-state index is 14.0. The minimum Gasteiger partial charge on any atom is -0.489 e. The van der Waals surface area contributed by atoms with Gasteiger partial charge in [-0.15, -0.1) is 0 Å². The Morgan fingerprint density at radius 1 is 0.837 bits per heavy atom. The first-order valence-electron chi connectivity index (χ1n) is 14.2. The molecule has 1 saturated heterocycles. The lowest BCUT2D eigenvalue weighted by Crippen LogP contribution is -2.52. The van der Waals surface area contributed by atoms with Gasteiger partial charge in [-0.25, -0.2) is 0 Å². The van der Waals surface area contributed by atoms with E-state index in [1.165, 1.54) is 24.3 Å². The second-order valence-corrected chi connectivity index (χ2v) is 10.9. The van der Waals surface area contributed by atoms with Gasteiger partial charge in [0, 0.05) is 24.2 Å². The number of likely N-dealkylation sites (tertiary alicyclic amines) is 1. The summed E-state index contributed by atoms with van der Waals surface area (Å²) < 4.78 is 95.9. The van der Waals surface area contributed by atoms with Crippen molar-refractivity contribution in [2.75, 3.05) is 26.3 Å². The third-order valence-corrected chi connectivity index (χ3v) is 8.00. The number of nitrogens with zero attached hydrogens (tertiary/aromatic N) is 1. The Labute approximate surface area is 244 Å². The summed E-state index contributed by atoms with van der Waals surface area (Å²) in [6, 6.07) is 16.4. The number of hydrogen-bond acceptors (Lipinski definition) is 5. The van der Waals surface area contributed by atoms with E-state index in [-0.39, 0.29) is 18.5 Å². The number of allylic oxidation sites excluding steroid dienone is 1. The van der Waals surface area contributed by atoms with Crippen LogP contribution in [0.25, 0.3) is 11.1 Å². The molecule has 0 aromatic heterocycles. The zero-order chi connectivity index (χ0) is 30.2. The third-order valence-electron chi connectivity index (χ3n) is 8.00. The monoisotopic (exact) mass is 605 g/mol. The van der Waals surface area contributed by atoms with Gasteiger partial charge in [-0.3, -0.25) is 14.2 Å². The Morgan fingerprint density at radius 3 is 2.30 bits per heavy atom. The van der Waals surface area contributed by atoms with E-state index in [2.05, 4.69) is 19.3 Å². The number of fused-ring (bicyclic) bond motifs is 2. The lowest BCUT2D eigenvalue weighted by molar-refractivity contribution is -0.391. The molecule has 11 heteroatoms. The molecule has 0 bridgehead atoms. The standard InChI is InChI=1S/C32H29F6NO4/c33-14-2-15-39-16-13-25(19-39)40-23-8-5-20(6-9-23)30-26(4-1-3-21-17-24(43-38)10-11-27(21)30)22-7-12-28-29(18-22)42-32(36,37)31(34,35)41-28/h5-12,17-18,25H,1-4,13-16,19H2/t25-/m0/s1. The maximum Gasteiger partial charge on any atom is 0.507 e. The second kappa shape index (κ2) is 11.7. The van der Waals surface area contributed by atoms with E-state index in [4.69, 9.17) is 4.74 Å². The van der Waals surface area contributed by atoms with Crippen LogP contribution in [0.2, 0.25) is 0 Å².